The molecule has 0 aliphatic heterocycles. The topological polar surface area (TPSA) is 136 Å². The zero-order valence-corrected chi connectivity index (χ0v) is 23.5. The minimum absolute atomic E-state index is 0.190. The van der Waals surface area contributed by atoms with Crippen LogP contribution in [0.3, 0.4) is 0 Å². The predicted molar refractivity (Wildman–Crippen MR) is 151 cm³/mol. The van der Waals surface area contributed by atoms with E-state index in [0.29, 0.717) is 40.3 Å². The van der Waals surface area contributed by atoms with Crippen molar-refractivity contribution in [2.75, 3.05) is 23.8 Å². The number of rotatable bonds is 8. The second-order valence-electron chi connectivity index (χ2n) is 11.0. The molecule has 3 aromatic heterocycles. The Morgan fingerprint density at radius 3 is 2.41 bits per heavy atom. The molecule has 1 aliphatic rings. The summed E-state index contributed by atoms with van der Waals surface area (Å²) in [5.41, 5.74) is -0.535. The number of aryl methyl sites for hydroxylation is 1. The van der Waals surface area contributed by atoms with Crippen LogP contribution in [-0.4, -0.2) is 60.2 Å². The minimum Gasteiger partial charge on any atom is -0.396 e. The van der Waals surface area contributed by atoms with Crippen molar-refractivity contribution in [3.05, 3.63) is 59.5 Å². The average molecular weight is 589 g/mol. The van der Waals surface area contributed by atoms with Gasteiger partial charge < -0.3 is 26.0 Å². The molecule has 0 spiro atoms. The van der Waals surface area contributed by atoms with Crippen molar-refractivity contribution in [3.63, 3.8) is 0 Å². The molecule has 13 heteroatoms. The number of halogens is 3. The molecule has 0 radical (unpaired) electrons. The first-order valence-corrected chi connectivity index (χ1v) is 13.9. The summed E-state index contributed by atoms with van der Waals surface area (Å²) >= 11 is 1.41. The third-order valence-electron chi connectivity index (χ3n) is 7.58. The van der Waals surface area contributed by atoms with E-state index in [1.54, 1.807) is 19.3 Å². The molecule has 1 aromatic carbocycles. The predicted octanol–water partition coefficient (Wildman–Crippen LogP) is 4.73. The van der Waals surface area contributed by atoms with Crippen LogP contribution in [0.15, 0.2) is 42.7 Å². The third-order valence-corrected chi connectivity index (χ3v) is 8.63. The number of alkyl halides is 3. The molecular weight excluding hydrogens is 557 g/mol. The molecule has 0 amide bonds. The van der Waals surface area contributed by atoms with E-state index in [1.165, 1.54) is 23.5 Å². The van der Waals surface area contributed by atoms with E-state index in [0.717, 1.165) is 16.8 Å². The summed E-state index contributed by atoms with van der Waals surface area (Å²) < 4.78 is 40.0. The van der Waals surface area contributed by atoms with E-state index in [1.807, 2.05) is 19.9 Å². The molecule has 3 atom stereocenters. The molecule has 4 aromatic rings. The fraction of sp³-hybridized carbons (Fsp3) is 0.429. The quantitative estimate of drug-likeness (QED) is 0.185. The molecule has 9 nitrogen and oxygen atoms in total. The molecule has 5 rings (SSSR count). The Hall–Kier alpha value is -3.39. The summed E-state index contributed by atoms with van der Waals surface area (Å²) in [7, 11) is 0. The molecule has 0 saturated heterocycles. The van der Waals surface area contributed by atoms with Crippen LogP contribution in [0, 0.1) is 12.8 Å². The van der Waals surface area contributed by atoms with Crippen molar-refractivity contribution < 1.29 is 28.5 Å². The van der Waals surface area contributed by atoms with Crippen molar-refractivity contribution in [1.82, 2.24) is 19.9 Å². The van der Waals surface area contributed by atoms with Crippen molar-refractivity contribution in [2.45, 2.75) is 57.0 Å². The molecule has 0 bridgehead atoms. The second kappa shape index (κ2) is 10.8. The highest BCUT2D eigenvalue weighted by molar-refractivity contribution is 7.21. The van der Waals surface area contributed by atoms with Crippen molar-refractivity contribution in [1.29, 1.82) is 0 Å². The number of benzene rings is 1. The van der Waals surface area contributed by atoms with Crippen LogP contribution in [0.1, 0.15) is 43.5 Å². The van der Waals surface area contributed by atoms with Crippen LogP contribution >= 0.6 is 11.3 Å². The Morgan fingerprint density at radius 1 is 1.07 bits per heavy atom. The molecule has 1 fully saturated rings. The summed E-state index contributed by atoms with van der Waals surface area (Å²) in [6, 6.07) is 6.90. The van der Waals surface area contributed by atoms with Crippen LogP contribution < -0.4 is 10.6 Å². The van der Waals surface area contributed by atoms with Crippen LogP contribution in [0.2, 0.25) is 0 Å². The summed E-state index contributed by atoms with van der Waals surface area (Å²) in [6.45, 7) is 5.60. The van der Waals surface area contributed by atoms with E-state index in [2.05, 4.69) is 30.6 Å². The largest absolute Gasteiger partial charge is 0.416 e. The molecule has 3 heterocycles. The number of aliphatic hydroxyl groups excluding tert-OH is 2. The SMILES string of the molecule is Cc1nc(NCC(C)(C)c2ccc(C(F)(F)F)cc2)nc(NC2(O)CCC(CO)C2O)c1-c1nc2cnccc2s1. The Morgan fingerprint density at radius 2 is 1.78 bits per heavy atom. The van der Waals surface area contributed by atoms with E-state index in [-0.39, 0.29) is 24.8 Å². The van der Waals surface area contributed by atoms with Gasteiger partial charge in [0.2, 0.25) is 5.95 Å². The lowest BCUT2D eigenvalue weighted by atomic mass is 9.84. The maximum absolute atomic E-state index is 13.0. The van der Waals surface area contributed by atoms with Gasteiger partial charge in [-0.3, -0.25) is 4.98 Å². The first-order valence-electron chi connectivity index (χ1n) is 13.1. The number of aliphatic hydroxyl groups is 3. The van der Waals surface area contributed by atoms with Gasteiger partial charge in [0.05, 0.1) is 27.7 Å². The molecule has 41 heavy (non-hydrogen) atoms. The number of hydrogen-bond donors (Lipinski definition) is 5. The van der Waals surface area contributed by atoms with Gasteiger partial charge in [0.15, 0.2) is 5.72 Å². The first kappa shape index (κ1) is 29.1. The monoisotopic (exact) mass is 588 g/mol. The van der Waals surface area contributed by atoms with Gasteiger partial charge >= 0.3 is 6.18 Å². The zero-order valence-electron chi connectivity index (χ0n) is 22.7. The van der Waals surface area contributed by atoms with E-state index < -0.39 is 34.9 Å². The summed E-state index contributed by atoms with van der Waals surface area (Å²) in [4.78, 5) is 18.1. The highest BCUT2D eigenvalue weighted by Gasteiger charge is 2.47. The summed E-state index contributed by atoms with van der Waals surface area (Å²) in [6.07, 6.45) is -1.71. The summed E-state index contributed by atoms with van der Waals surface area (Å²) in [5, 5.41) is 38.5. The Balaban J connectivity index is 1.47. The van der Waals surface area contributed by atoms with E-state index in [4.69, 9.17) is 0 Å². The Labute approximate surface area is 238 Å². The van der Waals surface area contributed by atoms with Gasteiger partial charge in [-0.2, -0.15) is 18.2 Å². The molecule has 1 saturated carbocycles. The molecule has 3 unspecified atom stereocenters. The number of nitrogens with zero attached hydrogens (tertiary/aromatic N) is 4. The molecular formula is C28H31F3N6O3S. The number of fused-ring (bicyclic) bond motifs is 1. The smallest absolute Gasteiger partial charge is 0.396 e. The Kier molecular flexibility index (Phi) is 7.66. The number of hydrogen-bond acceptors (Lipinski definition) is 10. The lowest BCUT2D eigenvalue weighted by molar-refractivity contribution is -0.137. The van der Waals surface area contributed by atoms with Gasteiger partial charge in [-0.15, -0.1) is 11.3 Å². The van der Waals surface area contributed by atoms with Gasteiger partial charge in [-0.05, 0) is 43.5 Å². The van der Waals surface area contributed by atoms with Gasteiger partial charge in [-0.25, -0.2) is 9.97 Å². The lowest BCUT2D eigenvalue weighted by Crippen LogP contribution is -2.48. The minimum atomic E-state index is -4.41. The molecule has 1 aliphatic carbocycles. The van der Waals surface area contributed by atoms with E-state index in [9.17, 15) is 28.5 Å². The van der Waals surface area contributed by atoms with Gasteiger partial charge in [-0.1, -0.05) is 26.0 Å². The maximum Gasteiger partial charge on any atom is 0.416 e. The summed E-state index contributed by atoms with van der Waals surface area (Å²) in [5.74, 6) is -0.0136. The molecule has 5 N–H and O–H groups in total. The van der Waals surface area contributed by atoms with Crippen LogP contribution in [0.5, 0.6) is 0 Å². The fourth-order valence-electron chi connectivity index (χ4n) is 5.03. The highest BCUT2D eigenvalue weighted by atomic mass is 32.1. The average Bonchev–Trinajstić information content (AvgIpc) is 3.47. The third kappa shape index (κ3) is 5.85. The Bertz CT molecular complexity index is 1510. The van der Waals surface area contributed by atoms with Crippen molar-refractivity contribution in [3.8, 4) is 10.6 Å². The fourth-order valence-corrected chi connectivity index (χ4v) is 6.06. The standard InChI is InChI=1S/C28H31F3N6O3S/c1-15-21(24-35-19-12-32-11-9-20(19)41-24)23(37-27(40)10-8-16(13-38)22(27)39)36-25(34-15)33-14-26(2,3)17-4-6-18(7-5-17)28(29,30)31/h4-7,9,11-12,16,22,38-40H,8,10,13-14H2,1-3H3,(H2,33,34,36,37). The number of nitrogens with one attached hydrogen (secondary N) is 2. The van der Waals surface area contributed by atoms with Gasteiger partial charge in [0.25, 0.3) is 0 Å². The van der Waals surface area contributed by atoms with Crippen LogP contribution in [0.25, 0.3) is 20.8 Å². The second-order valence-corrected chi connectivity index (χ2v) is 12.0. The number of thiazole rings is 1. The highest BCUT2D eigenvalue weighted by Crippen LogP contribution is 2.41. The van der Waals surface area contributed by atoms with Crippen molar-refractivity contribution >= 4 is 33.3 Å². The van der Waals surface area contributed by atoms with Gasteiger partial charge in [0.1, 0.15) is 22.4 Å². The zero-order chi connectivity index (χ0) is 29.6. The lowest BCUT2D eigenvalue weighted by Gasteiger charge is -2.31. The first-order chi connectivity index (χ1) is 19.3. The van der Waals surface area contributed by atoms with Gasteiger partial charge in [0, 0.05) is 30.7 Å². The van der Waals surface area contributed by atoms with E-state index >= 15 is 0 Å². The molecule has 218 valence electrons. The van der Waals surface area contributed by atoms with Crippen molar-refractivity contribution in [2.24, 2.45) is 5.92 Å². The number of anilines is 2. The normalized spacial score (nSPS) is 21.4. The number of pyridine rings is 1. The maximum atomic E-state index is 13.0. The van der Waals surface area contributed by atoms with Crippen LogP contribution in [-0.2, 0) is 11.6 Å². The van der Waals surface area contributed by atoms with Crippen LogP contribution in [0.4, 0.5) is 24.9 Å². The number of aromatic nitrogens is 4.